The van der Waals surface area contributed by atoms with Gasteiger partial charge >= 0.3 is 0 Å². The second-order valence-electron chi connectivity index (χ2n) is 7.85. The van der Waals surface area contributed by atoms with E-state index in [0.717, 1.165) is 52.3 Å². The van der Waals surface area contributed by atoms with Crippen LogP contribution < -0.4 is 5.73 Å². The Morgan fingerprint density at radius 2 is 2.11 bits per heavy atom. The van der Waals surface area contributed by atoms with Crippen LogP contribution in [0.25, 0.3) is 28.0 Å². The molecule has 1 fully saturated rings. The van der Waals surface area contributed by atoms with Crippen LogP contribution in [0.3, 0.4) is 0 Å². The molecular formula is C21H20N6O. The Balaban J connectivity index is 1.74. The molecule has 0 saturated heterocycles. The van der Waals surface area contributed by atoms with Crippen molar-refractivity contribution in [1.82, 2.24) is 24.7 Å². The standard InChI is InChI=1S/C21H20N6O/c1-11-4-7-14-16(18-15(11)19(28-26-18)12-5-6-12)17-20(22)24-10-25-21(17)27(14)13-3-2-8-23-9-13/h2-3,8-12H,4-7H2,1H3,(H2,22,24,25). The van der Waals surface area contributed by atoms with E-state index in [1.165, 1.54) is 24.7 Å². The number of nitrogens with two attached hydrogens (primary N) is 1. The van der Waals surface area contributed by atoms with Crippen molar-refractivity contribution in [1.29, 1.82) is 0 Å². The average molecular weight is 372 g/mol. The van der Waals surface area contributed by atoms with Gasteiger partial charge in [-0.1, -0.05) is 12.1 Å². The minimum absolute atomic E-state index is 0.382. The lowest BCUT2D eigenvalue weighted by atomic mass is 9.94. The van der Waals surface area contributed by atoms with E-state index in [4.69, 9.17) is 10.3 Å². The lowest BCUT2D eigenvalue weighted by Crippen LogP contribution is -2.03. The Kier molecular flexibility index (Phi) is 3.18. The first-order valence-corrected chi connectivity index (χ1v) is 9.78. The van der Waals surface area contributed by atoms with Crippen LogP contribution in [0, 0.1) is 0 Å². The van der Waals surface area contributed by atoms with Crippen LogP contribution in [-0.4, -0.2) is 24.7 Å². The molecular weight excluding hydrogens is 352 g/mol. The van der Waals surface area contributed by atoms with Gasteiger partial charge in [-0.2, -0.15) is 0 Å². The summed E-state index contributed by atoms with van der Waals surface area (Å²) in [5.74, 6) is 2.43. The van der Waals surface area contributed by atoms with Crippen LogP contribution in [0.2, 0.25) is 0 Å². The summed E-state index contributed by atoms with van der Waals surface area (Å²) in [4.78, 5) is 13.2. The summed E-state index contributed by atoms with van der Waals surface area (Å²) in [6.45, 7) is 2.27. The minimum Gasteiger partial charge on any atom is -0.383 e. The zero-order chi connectivity index (χ0) is 18.8. The van der Waals surface area contributed by atoms with E-state index < -0.39 is 0 Å². The van der Waals surface area contributed by atoms with Crippen LogP contribution in [0.5, 0.6) is 0 Å². The molecule has 4 heterocycles. The maximum atomic E-state index is 6.35. The Bertz CT molecular complexity index is 1200. The second-order valence-corrected chi connectivity index (χ2v) is 7.85. The highest BCUT2D eigenvalue weighted by Crippen LogP contribution is 2.50. The number of hydrogen-bond donors (Lipinski definition) is 1. The molecule has 2 aliphatic carbocycles. The van der Waals surface area contributed by atoms with Crippen LogP contribution in [0.1, 0.15) is 55.0 Å². The van der Waals surface area contributed by atoms with Crippen molar-refractivity contribution in [2.24, 2.45) is 0 Å². The van der Waals surface area contributed by atoms with E-state index in [-0.39, 0.29) is 0 Å². The van der Waals surface area contributed by atoms with Gasteiger partial charge in [-0.15, -0.1) is 0 Å². The van der Waals surface area contributed by atoms with E-state index in [2.05, 4.69) is 31.6 Å². The predicted molar refractivity (Wildman–Crippen MR) is 105 cm³/mol. The zero-order valence-corrected chi connectivity index (χ0v) is 15.6. The van der Waals surface area contributed by atoms with Gasteiger partial charge in [-0.05, 0) is 43.7 Å². The lowest BCUT2D eigenvalue weighted by Gasteiger charge is -2.11. The van der Waals surface area contributed by atoms with Crippen LogP contribution >= 0.6 is 0 Å². The molecule has 4 aromatic rings. The molecule has 0 aromatic carbocycles. The molecule has 2 N–H and O–H groups in total. The lowest BCUT2D eigenvalue weighted by molar-refractivity contribution is 0.382. The highest BCUT2D eigenvalue weighted by molar-refractivity contribution is 6.03. The predicted octanol–water partition coefficient (Wildman–Crippen LogP) is 3.98. The molecule has 0 radical (unpaired) electrons. The third-order valence-electron chi connectivity index (χ3n) is 6.03. The van der Waals surface area contributed by atoms with Gasteiger partial charge in [-0.25, -0.2) is 9.97 Å². The maximum absolute atomic E-state index is 6.35. The van der Waals surface area contributed by atoms with Crippen molar-refractivity contribution >= 4 is 16.9 Å². The SMILES string of the molecule is CC1CCc2c(c3c(N)ncnc3n2-c2cccnc2)-c2noc(C3CC3)c21. The fourth-order valence-corrected chi connectivity index (χ4v) is 4.54. The monoisotopic (exact) mass is 372 g/mol. The molecule has 140 valence electrons. The summed E-state index contributed by atoms with van der Waals surface area (Å²) in [6, 6.07) is 3.98. The maximum Gasteiger partial charge on any atom is 0.151 e. The minimum atomic E-state index is 0.382. The van der Waals surface area contributed by atoms with Gasteiger partial charge in [0.25, 0.3) is 0 Å². The summed E-state index contributed by atoms with van der Waals surface area (Å²) in [5, 5.41) is 5.41. The van der Waals surface area contributed by atoms with Crippen molar-refractivity contribution in [3.8, 4) is 16.9 Å². The average Bonchev–Trinajstić information content (AvgIpc) is 3.40. The van der Waals surface area contributed by atoms with Crippen LogP contribution in [-0.2, 0) is 6.42 Å². The van der Waals surface area contributed by atoms with E-state index >= 15 is 0 Å². The largest absolute Gasteiger partial charge is 0.383 e. The van der Waals surface area contributed by atoms with Gasteiger partial charge < -0.3 is 10.3 Å². The van der Waals surface area contributed by atoms with Crippen molar-refractivity contribution in [3.05, 3.63) is 47.9 Å². The molecule has 0 amide bonds. The molecule has 7 heteroatoms. The Hall–Kier alpha value is -3.22. The number of hydrogen-bond acceptors (Lipinski definition) is 6. The molecule has 6 rings (SSSR count). The number of nitrogen functional groups attached to an aromatic ring is 1. The summed E-state index contributed by atoms with van der Waals surface area (Å²) < 4.78 is 8.03. The Morgan fingerprint density at radius 3 is 2.89 bits per heavy atom. The second kappa shape index (κ2) is 5.64. The van der Waals surface area contributed by atoms with Crippen LogP contribution in [0.4, 0.5) is 5.82 Å². The van der Waals surface area contributed by atoms with Crippen molar-refractivity contribution < 1.29 is 4.52 Å². The van der Waals surface area contributed by atoms with E-state index in [9.17, 15) is 0 Å². The van der Waals surface area contributed by atoms with Gasteiger partial charge in [0.2, 0.25) is 0 Å². The van der Waals surface area contributed by atoms with E-state index in [1.54, 1.807) is 6.20 Å². The molecule has 7 nitrogen and oxygen atoms in total. The number of rotatable bonds is 2. The van der Waals surface area contributed by atoms with E-state index in [0.29, 0.717) is 17.7 Å². The highest BCUT2D eigenvalue weighted by Gasteiger charge is 2.38. The molecule has 1 unspecified atom stereocenters. The van der Waals surface area contributed by atoms with Crippen molar-refractivity contribution in [2.75, 3.05) is 5.73 Å². The summed E-state index contributed by atoms with van der Waals surface area (Å²) in [5.41, 5.74) is 12.4. The van der Waals surface area contributed by atoms with Gasteiger partial charge in [0.05, 0.1) is 17.3 Å². The molecule has 1 atom stereocenters. The van der Waals surface area contributed by atoms with Crippen molar-refractivity contribution in [3.63, 3.8) is 0 Å². The van der Waals surface area contributed by atoms with Gasteiger partial charge in [0.15, 0.2) is 5.65 Å². The number of fused-ring (bicyclic) bond motifs is 5. The molecule has 1 saturated carbocycles. The zero-order valence-electron chi connectivity index (χ0n) is 15.6. The number of pyridine rings is 1. The summed E-state index contributed by atoms with van der Waals surface area (Å²) in [7, 11) is 0. The van der Waals surface area contributed by atoms with Crippen LogP contribution in [0.15, 0.2) is 35.4 Å². The van der Waals surface area contributed by atoms with Gasteiger partial charge in [-0.3, -0.25) is 9.55 Å². The van der Waals surface area contributed by atoms with E-state index in [1.807, 2.05) is 18.3 Å². The molecule has 28 heavy (non-hydrogen) atoms. The number of nitrogens with zero attached hydrogens (tertiary/aromatic N) is 5. The first-order valence-electron chi connectivity index (χ1n) is 9.78. The third-order valence-corrected chi connectivity index (χ3v) is 6.03. The number of anilines is 1. The Labute approximate surface area is 161 Å². The van der Waals surface area contributed by atoms with Gasteiger partial charge in [0, 0.05) is 28.9 Å². The molecule has 4 aromatic heterocycles. The number of aromatic nitrogens is 5. The fraction of sp³-hybridized carbons (Fsp3) is 0.333. The molecule has 0 spiro atoms. The smallest absolute Gasteiger partial charge is 0.151 e. The summed E-state index contributed by atoms with van der Waals surface area (Å²) in [6.07, 6.45) is 9.44. The topological polar surface area (TPSA) is 95.7 Å². The first kappa shape index (κ1) is 15.8. The van der Waals surface area contributed by atoms with Crippen molar-refractivity contribution in [2.45, 2.75) is 44.4 Å². The first-order chi connectivity index (χ1) is 13.7. The normalized spacial score (nSPS) is 18.7. The van der Waals surface area contributed by atoms with Gasteiger partial charge in [0.1, 0.15) is 23.6 Å². The molecule has 2 aliphatic rings. The fourth-order valence-electron chi connectivity index (χ4n) is 4.54. The molecule has 0 bridgehead atoms. The quantitative estimate of drug-likeness (QED) is 0.572. The highest BCUT2D eigenvalue weighted by atomic mass is 16.5. The Morgan fingerprint density at radius 1 is 1.21 bits per heavy atom. The molecule has 0 aliphatic heterocycles. The summed E-state index contributed by atoms with van der Waals surface area (Å²) >= 11 is 0. The third kappa shape index (κ3) is 2.10.